The predicted molar refractivity (Wildman–Crippen MR) is 60.1 cm³/mol. The Morgan fingerprint density at radius 3 is 2.44 bits per heavy atom. The fourth-order valence-electron chi connectivity index (χ4n) is 1.17. The molecule has 1 rings (SSSR count). The van der Waals surface area contributed by atoms with Crippen LogP contribution in [-0.4, -0.2) is 11.1 Å². The van der Waals surface area contributed by atoms with Crippen molar-refractivity contribution < 1.29 is 23.1 Å². The zero-order valence-electron chi connectivity index (χ0n) is 8.01. The smallest absolute Gasteiger partial charge is 0.416 e. The molecule has 1 N–H and O–H groups in total. The number of carboxylic acids is 1. The average molecular weight is 344 g/mol. The van der Waals surface area contributed by atoms with E-state index in [-0.39, 0.29) is 12.8 Å². The molecule has 0 aromatic heterocycles. The molecular formula is C10H8F3IO2. The van der Waals surface area contributed by atoms with Crippen LogP contribution >= 0.6 is 22.6 Å². The number of aliphatic carboxylic acids is 1. The Balaban J connectivity index is 2.88. The number of carbonyl (C=O) groups is 1. The zero-order chi connectivity index (χ0) is 12.3. The van der Waals surface area contributed by atoms with Crippen LogP contribution in [0.15, 0.2) is 18.2 Å². The van der Waals surface area contributed by atoms with Gasteiger partial charge in [0.25, 0.3) is 0 Å². The summed E-state index contributed by atoms with van der Waals surface area (Å²) in [4.78, 5) is 10.3. The predicted octanol–water partition coefficient (Wildman–Crippen LogP) is 3.33. The van der Waals surface area contributed by atoms with Crippen LogP contribution in [0.3, 0.4) is 0 Å². The highest BCUT2D eigenvalue weighted by Gasteiger charge is 2.30. The van der Waals surface area contributed by atoms with Gasteiger partial charge in [0.2, 0.25) is 0 Å². The molecule has 0 fully saturated rings. The Morgan fingerprint density at radius 1 is 1.38 bits per heavy atom. The average Bonchev–Trinajstić information content (AvgIpc) is 2.14. The Labute approximate surface area is 104 Å². The maximum absolute atomic E-state index is 12.3. The number of aryl methyl sites for hydroxylation is 1. The Kier molecular flexibility index (Phi) is 4.17. The molecule has 88 valence electrons. The van der Waals surface area contributed by atoms with Crippen molar-refractivity contribution >= 4 is 28.6 Å². The summed E-state index contributed by atoms with van der Waals surface area (Å²) in [5.41, 5.74) is -0.0908. The first-order valence-corrected chi connectivity index (χ1v) is 5.46. The number of halogens is 4. The van der Waals surface area contributed by atoms with Gasteiger partial charge < -0.3 is 5.11 Å². The van der Waals surface area contributed by atoms with E-state index in [2.05, 4.69) is 0 Å². The van der Waals surface area contributed by atoms with E-state index in [1.54, 1.807) is 22.6 Å². The minimum atomic E-state index is -4.36. The normalized spacial score (nSPS) is 11.5. The minimum Gasteiger partial charge on any atom is -0.481 e. The summed E-state index contributed by atoms with van der Waals surface area (Å²) in [7, 11) is 0. The maximum atomic E-state index is 12.3. The molecule has 1 aromatic carbocycles. The third-order valence-corrected chi connectivity index (χ3v) is 2.99. The molecule has 0 atom stereocenters. The Hall–Kier alpha value is -0.790. The molecule has 0 bridgehead atoms. The highest BCUT2D eigenvalue weighted by Crippen LogP contribution is 2.31. The number of alkyl halides is 3. The summed E-state index contributed by atoms with van der Waals surface area (Å²) in [5, 5.41) is 8.47. The topological polar surface area (TPSA) is 37.3 Å². The van der Waals surface area contributed by atoms with Crippen molar-refractivity contribution in [3.63, 3.8) is 0 Å². The van der Waals surface area contributed by atoms with E-state index in [1.807, 2.05) is 0 Å². The lowest BCUT2D eigenvalue weighted by atomic mass is 10.1. The molecule has 2 nitrogen and oxygen atoms in total. The lowest BCUT2D eigenvalue weighted by Gasteiger charge is -2.09. The largest absolute Gasteiger partial charge is 0.481 e. The minimum absolute atomic E-state index is 0.0820. The number of carboxylic acid groups (broad SMARTS) is 1. The van der Waals surface area contributed by atoms with Gasteiger partial charge in [-0.25, -0.2) is 0 Å². The quantitative estimate of drug-likeness (QED) is 0.855. The number of benzene rings is 1. The summed E-state index contributed by atoms with van der Waals surface area (Å²) in [6.07, 6.45) is -4.20. The molecule has 0 amide bonds. The van der Waals surface area contributed by atoms with E-state index in [4.69, 9.17) is 5.11 Å². The number of hydrogen-bond donors (Lipinski definition) is 1. The lowest BCUT2D eigenvalue weighted by molar-refractivity contribution is -0.138. The van der Waals surface area contributed by atoms with Gasteiger partial charge in [0.1, 0.15) is 0 Å². The van der Waals surface area contributed by atoms with Gasteiger partial charge in [-0.1, -0.05) is 6.07 Å². The molecule has 0 unspecified atom stereocenters. The summed E-state index contributed by atoms with van der Waals surface area (Å²) in [6.45, 7) is 0. The lowest BCUT2D eigenvalue weighted by Crippen LogP contribution is -2.06. The van der Waals surface area contributed by atoms with Crippen LogP contribution in [0.5, 0.6) is 0 Å². The van der Waals surface area contributed by atoms with Crippen molar-refractivity contribution in [2.75, 3.05) is 0 Å². The van der Waals surface area contributed by atoms with Crippen molar-refractivity contribution in [1.29, 1.82) is 0 Å². The van der Waals surface area contributed by atoms with Gasteiger partial charge in [-0.15, -0.1) is 0 Å². The Bertz CT molecular complexity index is 402. The van der Waals surface area contributed by atoms with Crippen LogP contribution in [0.25, 0.3) is 0 Å². The molecular weight excluding hydrogens is 336 g/mol. The van der Waals surface area contributed by atoms with Gasteiger partial charge in [-0.05, 0) is 46.7 Å². The van der Waals surface area contributed by atoms with Crippen LogP contribution in [0, 0.1) is 3.57 Å². The SMILES string of the molecule is O=C(O)CCc1ccc(C(F)(F)F)cc1I. The second-order valence-corrected chi connectivity index (χ2v) is 4.36. The van der Waals surface area contributed by atoms with Gasteiger partial charge in [0, 0.05) is 9.99 Å². The van der Waals surface area contributed by atoms with Crippen LogP contribution in [0.1, 0.15) is 17.5 Å². The van der Waals surface area contributed by atoms with E-state index in [1.165, 1.54) is 6.07 Å². The van der Waals surface area contributed by atoms with E-state index in [0.29, 0.717) is 9.13 Å². The standard InChI is InChI=1S/C10H8F3IO2/c11-10(12,13)7-3-1-6(8(14)5-7)2-4-9(15)16/h1,3,5H,2,4H2,(H,15,16). The van der Waals surface area contributed by atoms with Crippen LogP contribution in [-0.2, 0) is 17.4 Å². The van der Waals surface area contributed by atoms with Gasteiger partial charge in [-0.2, -0.15) is 13.2 Å². The molecule has 0 aliphatic heterocycles. The fraction of sp³-hybridized carbons (Fsp3) is 0.300. The van der Waals surface area contributed by atoms with Crippen molar-refractivity contribution in [2.45, 2.75) is 19.0 Å². The molecule has 6 heteroatoms. The summed E-state index contributed by atoms with van der Waals surface area (Å²) in [5.74, 6) is -0.962. The van der Waals surface area contributed by atoms with Crippen molar-refractivity contribution in [2.24, 2.45) is 0 Å². The van der Waals surface area contributed by atoms with Gasteiger partial charge >= 0.3 is 12.1 Å². The number of rotatable bonds is 3. The number of hydrogen-bond acceptors (Lipinski definition) is 1. The van der Waals surface area contributed by atoms with E-state index in [9.17, 15) is 18.0 Å². The fourth-order valence-corrected chi connectivity index (χ4v) is 1.95. The van der Waals surface area contributed by atoms with Crippen molar-refractivity contribution in [1.82, 2.24) is 0 Å². The summed E-state index contributed by atoms with van der Waals surface area (Å²) >= 11 is 1.78. The van der Waals surface area contributed by atoms with Crippen LogP contribution < -0.4 is 0 Å². The molecule has 0 aliphatic rings. The first-order valence-electron chi connectivity index (χ1n) is 4.38. The third kappa shape index (κ3) is 3.66. The summed E-state index contributed by atoms with van der Waals surface area (Å²) in [6, 6.07) is 3.32. The highest BCUT2D eigenvalue weighted by molar-refractivity contribution is 14.1. The van der Waals surface area contributed by atoms with E-state index < -0.39 is 17.7 Å². The Morgan fingerprint density at radius 2 is 2.00 bits per heavy atom. The molecule has 0 radical (unpaired) electrons. The van der Waals surface area contributed by atoms with E-state index in [0.717, 1.165) is 12.1 Å². The zero-order valence-corrected chi connectivity index (χ0v) is 10.2. The molecule has 0 saturated heterocycles. The molecule has 0 saturated carbocycles. The molecule has 0 heterocycles. The second kappa shape index (κ2) is 5.03. The summed E-state index contributed by atoms with van der Waals surface area (Å²) < 4.78 is 37.4. The molecule has 1 aromatic rings. The molecule has 0 aliphatic carbocycles. The molecule has 16 heavy (non-hydrogen) atoms. The van der Waals surface area contributed by atoms with Gasteiger partial charge in [0.05, 0.1) is 5.56 Å². The van der Waals surface area contributed by atoms with Crippen LogP contribution in [0.4, 0.5) is 13.2 Å². The van der Waals surface area contributed by atoms with Crippen molar-refractivity contribution in [3.05, 3.63) is 32.9 Å². The maximum Gasteiger partial charge on any atom is 0.416 e. The molecule has 0 spiro atoms. The van der Waals surface area contributed by atoms with Crippen molar-refractivity contribution in [3.8, 4) is 0 Å². The highest BCUT2D eigenvalue weighted by atomic mass is 127. The third-order valence-electron chi connectivity index (χ3n) is 1.99. The van der Waals surface area contributed by atoms with Gasteiger partial charge in [-0.3, -0.25) is 4.79 Å². The van der Waals surface area contributed by atoms with Gasteiger partial charge in [0.15, 0.2) is 0 Å². The monoisotopic (exact) mass is 344 g/mol. The first kappa shape index (κ1) is 13.3. The first-order chi connectivity index (χ1) is 7.30. The van der Waals surface area contributed by atoms with E-state index >= 15 is 0 Å². The second-order valence-electron chi connectivity index (χ2n) is 3.20. The van der Waals surface area contributed by atoms with Crippen LogP contribution in [0.2, 0.25) is 0 Å².